The summed E-state index contributed by atoms with van der Waals surface area (Å²) < 4.78 is 67.9. The van der Waals surface area contributed by atoms with Crippen molar-refractivity contribution in [3.05, 3.63) is 182 Å². The van der Waals surface area contributed by atoms with Gasteiger partial charge in [0.25, 0.3) is 0 Å². The summed E-state index contributed by atoms with van der Waals surface area (Å²) in [5.74, 6) is 0. The minimum Gasteiger partial charge on any atom is -0.222 e. The van der Waals surface area contributed by atoms with Crippen molar-refractivity contribution in [3.63, 3.8) is 0 Å². The Bertz CT molecular complexity index is 1370. The molecule has 49 heavy (non-hydrogen) atoms. The molecular weight excluding hydrogens is 894 g/mol. The molecule has 0 atom stereocenters. The summed E-state index contributed by atoms with van der Waals surface area (Å²) in [5, 5.41) is 8.39. The van der Waals surface area contributed by atoms with Gasteiger partial charge >= 0.3 is 27.7 Å². The van der Waals surface area contributed by atoms with Crippen LogP contribution in [0.5, 0.6) is 0 Å². The third-order valence-electron chi connectivity index (χ3n) is 6.09. The van der Waals surface area contributed by atoms with Crippen LogP contribution in [0.1, 0.15) is 0 Å². The Hall–Kier alpha value is -2.62. The Labute approximate surface area is 313 Å². The van der Waals surface area contributed by atoms with Gasteiger partial charge in [-0.25, -0.2) is 37.3 Å². The molecule has 13 heteroatoms. The van der Waals surface area contributed by atoms with Crippen LogP contribution in [0, 0.1) is 20.5 Å². The second-order valence-corrected chi connectivity index (χ2v) is 15.4. The van der Waals surface area contributed by atoms with E-state index in [4.69, 9.17) is 37.3 Å². The summed E-state index contributed by atoms with van der Waals surface area (Å²) in [6, 6.07) is 64.7. The van der Waals surface area contributed by atoms with Gasteiger partial charge in [0.15, 0.2) is 0 Å². The van der Waals surface area contributed by atoms with Crippen molar-refractivity contribution >= 4 is 47.7 Å². The maximum absolute atomic E-state index is 8.49. The Morgan fingerprint density at radius 1 is 0.245 bits per heavy atom. The van der Waals surface area contributed by atoms with Crippen LogP contribution in [-0.4, -0.2) is 0 Å². The molecule has 0 spiro atoms. The SMILES string of the molecule is [Hg+2].[O-][Cl+3]([O-])([O-])[O-].[O-][Cl+3]([O-])([O-])[O-].c1ccc(P(c2ccccc2)c2ccccc2)cc1.c1ccc(P(c2ccccc2)c2ccccc2)cc1. The van der Waals surface area contributed by atoms with E-state index in [-0.39, 0.29) is 27.7 Å². The molecule has 248 valence electrons. The fourth-order valence-corrected chi connectivity index (χ4v) is 8.97. The molecule has 6 aromatic carbocycles. The molecule has 0 bridgehead atoms. The summed E-state index contributed by atoms with van der Waals surface area (Å²) in [5.41, 5.74) is 0. The molecule has 0 aliphatic carbocycles. The van der Waals surface area contributed by atoms with Crippen LogP contribution < -0.4 is 69.1 Å². The summed E-state index contributed by atoms with van der Waals surface area (Å²) >= 11 is 0. The summed E-state index contributed by atoms with van der Waals surface area (Å²) in [6.45, 7) is 0. The summed E-state index contributed by atoms with van der Waals surface area (Å²) in [7, 11) is -10.8. The van der Waals surface area contributed by atoms with E-state index in [2.05, 4.69) is 182 Å². The van der Waals surface area contributed by atoms with Crippen molar-refractivity contribution < 1.29 is 85.4 Å². The van der Waals surface area contributed by atoms with E-state index in [1.165, 1.54) is 31.8 Å². The standard InChI is InChI=1S/2C18H15P.2ClHO4.Hg/c2*1-4-10-16(11-5-1)19(17-12-6-2-7-13-17)18-14-8-3-9-15-18;2*2-1(3,4)5;/h2*1-15H;2*(H,2,3,4,5);/q;;;;+2/p-2. The number of hydrogen-bond acceptors (Lipinski definition) is 8. The zero-order chi connectivity index (χ0) is 34.8. The molecule has 0 fully saturated rings. The monoisotopic (exact) mass is 924 g/mol. The molecule has 0 unspecified atom stereocenters. The van der Waals surface area contributed by atoms with Crippen molar-refractivity contribution in [2.24, 2.45) is 0 Å². The number of hydrogen-bond donors (Lipinski definition) is 0. The van der Waals surface area contributed by atoms with Gasteiger partial charge < -0.3 is 0 Å². The zero-order valence-corrected chi connectivity index (χ0v) is 34.7. The van der Waals surface area contributed by atoms with Gasteiger partial charge in [0.05, 0.1) is 0 Å². The van der Waals surface area contributed by atoms with E-state index < -0.39 is 36.3 Å². The molecule has 8 nitrogen and oxygen atoms in total. The van der Waals surface area contributed by atoms with Gasteiger partial charge in [-0.05, 0) is 47.7 Å². The number of halogens is 2. The minimum absolute atomic E-state index is 0. The van der Waals surface area contributed by atoms with Gasteiger partial charge in [0, 0.05) is 0 Å². The van der Waals surface area contributed by atoms with E-state index in [1.54, 1.807) is 0 Å². The Morgan fingerprint density at radius 3 is 0.449 bits per heavy atom. The molecule has 0 heterocycles. The largest absolute Gasteiger partial charge is 2.00 e. The first-order valence-electron chi connectivity index (χ1n) is 14.0. The molecule has 0 aromatic heterocycles. The topological polar surface area (TPSA) is 184 Å². The molecule has 0 aliphatic rings. The molecule has 0 aliphatic heterocycles. The first kappa shape index (κ1) is 42.5. The van der Waals surface area contributed by atoms with Crippen LogP contribution in [0.2, 0.25) is 0 Å². The van der Waals surface area contributed by atoms with Crippen LogP contribution in [0.4, 0.5) is 0 Å². The molecule has 0 saturated carbocycles. The average Bonchev–Trinajstić information content (AvgIpc) is 3.07. The second-order valence-electron chi connectivity index (χ2n) is 9.44. The maximum atomic E-state index is 8.49. The quantitative estimate of drug-likeness (QED) is 0.129. The Kier molecular flexibility index (Phi) is 19.3. The second kappa shape index (κ2) is 22.2. The summed E-state index contributed by atoms with van der Waals surface area (Å²) in [4.78, 5) is 0. The molecule has 0 N–H and O–H groups in total. The molecule has 6 rings (SSSR count). The molecular formula is C36H30Cl2HgO8P2. The third-order valence-corrected chi connectivity index (χ3v) is 11.0. The van der Waals surface area contributed by atoms with Crippen LogP contribution >= 0.6 is 15.8 Å². The van der Waals surface area contributed by atoms with Crippen molar-refractivity contribution in [3.8, 4) is 0 Å². The van der Waals surface area contributed by atoms with Gasteiger partial charge in [-0.3, -0.25) is 0 Å². The molecule has 0 radical (unpaired) electrons. The van der Waals surface area contributed by atoms with E-state index in [0.29, 0.717) is 0 Å². The van der Waals surface area contributed by atoms with Crippen LogP contribution in [0.25, 0.3) is 0 Å². The van der Waals surface area contributed by atoms with Crippen molar-refractivity contribution in [2.75, 3.05) is 0 Å². The van der Waals surface area contributed by atoms with Gasteiger partial charge in [-0.2, -0.15) is 0 Å². The van der Waals surface area contributed by atoms with Gasteiger partial charge in [-0.1, -0.05) is 182 Å². The zero-order valence-electron chi connectivity index (χ0n) is 25.9. The Morgan fingerprint density at radius 2 is 0.347 bits per heavy atom. The van der Waals surface area contributed by atoms with Crippen LogP contribution in [-0.2, 0) is 27.7 Å². The average molecular weight is 924 g/mol. The van der Waals surface area contributed by atoms with Gasteiger partial charge in [0.2, 0.25) is 0 Å². The molecule has 0 amide bonds. The minimum atomic E-state index is -4.94. The van der Waals surface area contributed by atoms with E-state index in [9.17, 15) is 0 Å². The van der Waals surface area contributed by atoms with Gasteiger partial charge in [0.1, 0.15) is 0 Å². The number of benzene rings is 6. The van der Waals surface area contributed by atoms with E-state index >= 15 is 0 Å². The fourth-order valence-electron chi connectivity index (χ4n) is 4.36. The normalized spacial score (nSPS) is 10.7. The van der Waals surface area contributed by atoms with Crippen LogP contribution in [0.3, 0.4) is 0 Å². The summed E-state index contributed by atoms with van der Waals surface area (Å²) in [6.07, 6.45) is 0. The first-order valence-corrected chi connectivity index (χ1v) is 19.2. The van der Waals surface area contributed by atoms with E-state index in [0.717, 1.165) is 0 Å². The van der Waals surface area contributed by atoms with Crippen molar-refractivity contribution in [1.29, 1.82) is 0 Å². The molecule has 6 aromatic rings. The predicted octanol–water partition coefficient (Wildman–Crippen LogP) is -2.62. The van der Waals surface area contributed by atoms with Gasteiger partial charge in [-0.15, -0.1) is 20.5 Å². The first-order chi connectivity index (χ1) is 22.9. The fraction of sp³-hybridized carbons (Fsp3) is 0. The predicted molar refractivity (Wildman–Crippen MR) is 170 cm³/mol. The van der Waals surface area contributed by atoms with E-state index in [1.807, 2.05) is 0 Å². The Balaban J connectivity index is 0.000000264. The third kappa shape index (κ3) is 17.7. The van der Waals surface area contributed by atoms with Crippen LogP contribution in [0.15, 0.2) is 182 Å². The smallest absolute Gasteiger partial charge is 0.222 e. The van der Waals surface area contributed by atoms with Crippen molar-refractivity contribution in [2.45, 2.75) is 0 Å². The van der Waals surface area contributed by atoms with Crippen molar-refractivity contribution in [1.82, 2.24) is 0 Å². The molecule has 0 saturated heterocycles. The maximum Gasteiger partial charge on any atom is 2.00 e. The number of rotatable bonds is 6.